The van der Waals surface area contributed by atoms with Gasteiger partial charge in [-0.2, -0.15) is 0 Å². The highest BCUT2D eigenvalue weighted by molar-refractivity contribution is 6.50. The summed E-state index contributed by atoms with van der Waals surface area (Å²) in [6, 6.07) is 0. The van der Waals surface area contributed by atoms with Crippen LogP contribution >= 0.6 is 0 Å². The first-order valence-corrected chi connectivity index (χ1v) is 5.15. The molecular weight excluding hydrogens is 235 g/mol. The van der Waals surface area contributed by atoms with Gasteiger partial charge in [0.2, 0.25) is 0 Å². The number of halogens is 4. The number of hydrazone groups is 1. The van der Waals surface area contributed by atoms with Crippen LogP contribution in [-0.4, -0.2) is 29.9 Å². The topological polar surface area (TPSA) is 15.4 Å². The summed E-state index contributed by atoms with van der Waals surface area (Å²) < 4.78 is 41.0. The average Bonchev–Trinajstić information content (AvgIpc) is 2.28. The number of hydrogen-bond donors (Lipinski definition) is 0. The molecule has 0 unspecified atom stereocenters. The van der Waals surface area contributed by atoms with E-state index in [0.29, 0.717) is 0 Å². The van der Waals surface area contributed by atoms with E-state index in [9.17, 15) is 17.3 Å². The van der Waals surface area contributed by atoms with Gasteiger partial charge in [-0.25, -0.2) is 0 Å². The second-order valence-corrected chi connectivity index (χ2v) is 4.26. The van der Waals surface area contributed by atoms with Crippen molar-refractivity contribution in [1.29, 1.82) is 0 Å². The maximum absolute atomic E-state index is 9.75. The lowest BCUT2D eigenvalue weighted by Gasteiger charge is -2.12. The van der Waals surface area contributed by atoms with E-state index in [0.717, 1.165) is 6.54 Å². The zero-order chi connectivity index (χ0) is 13.9. The molecule has 0 N–H and O–H groups in total. The molecule has 0 spiro atoms. The van der Waals surface area contributed by atoms with Gasteiger partial charge in [0.15, 0.2) is 12.3 Å². The summed E-state index contributed by atoms with van der Waals surface area (Å²) in [5.41, 5.74) is 2.62. The lowest BCUT2D eigenvalue weighted by atomic mass is 9.84. The van der Waals surface area contributed by atoms with Gasteiger partial charge in [0, 0.05) is 6.92 Å². The van der Waals surface area contributed by atoms with Crippen LogP contribution in [0.3, 0.4) is 0 Å². The Labute approximate surface area is 98.8 Å². The van der Waals surface area contributed by atoms with Crippen molar-refractivity contribution in [2.75, 3.05) is 6.54 Å². The van der Waals surface area contributed by atoms with Gasteiger partial charge in [0.1, 0.15) is 0 Å². The van der Waals surface area contributed by atoms with Crippen LogP contribution in [0, 0.1) is 5.41 Å². The highest BCUT2D eigenvalue weighted by Crippen LogP contribution is 2.24. The molecule has 0 radical (unpaired) electrons. The third kappa shape index (κ3) is 5.15. The normalized spacial score (nSPS) is 18.5. The van der Waals surface area contributed by atoms with Crippen molar-refractivity contribution in [2.45, 2.75) is 27.7 Å². The zero-order valence-electron chi connectivity index (χ0n) is 10.5. The molecule has 0 fully saturated rings. The minimum Gasteiger partial charge on any atom is -0.418 e. The molecule has 7 heteroatoms. The van der Waals surface area contributed by atoms with Crippen LogP contribution in [0.5, 0.6) is 0 Å². The van der Waals surface area contributed by atoms with Gasteiger partial charge in [-0.1, -0.05) is 11.3 Å². The Kier molecular flexibility index (Phi) is 5.10. The molecule has 2 nitrogen and oxygen atoms in total. The van der Waals surface area contributed by atoms with E-state index < -0.39 is 7.25 Å². The third-order valence-corrected chi connectivity index (χ3v) is 2.77. The van der Waals surface area contributed by atoms with E-state index in [2.05, 4.69) is 39.4 Å². The van der Waals surface area contributed by atoms with E-state index in [-0.39, 0.29) is 5.41 Å². The molecule has 1 rings (SSSR count). The van der Waals surface area contributed by atoms with Gasteiger partial charge in [-0.3, -0.25) is 0 Å². The van der Waals surface area contributed by atoms with Crippen LogP contribution < -0.4 is 0 Å². The number of nitrogens with zero attached hydrogens (tertiary/aromatic N) is 2. The first kappa shape index (κ1) is 15.9. The van der Waals surface area contributed by atoms with Crippen LogP contribution in [0.25, 0.3) is 0 Å². The molecule has 0 bridgehead atoms. The highest BCUT2D eigenvalue weighted by Gasteiger charge is 2.39. The van der Waals surface area contributed by atoms with Gasteiger partial charge < -0.3 is 17.3 Å². The van der Waals surface area contributed by atoms with Crippen molar-refractivity contribution in [3.63, 3.8) is 0 Å². The molecule has 0 amide bonds. The molecule has 0 aromatic rings. The molecule has 0 saturated heterocycles. The summed E-state index contributed by atoms with van der Waals surface area (Å²) in [4.78, 5) is 0. The van der Waals surface area contributed by atoms with Crippen LogP contribution in [0.2, 0.25) is 0 Å². The van der Waals surface area contributed by atoms with Crippen molar-refractivity contribution >= 4 is 18.7 Å². The predicted molar refractivity (Wildman–Crippen MR) is 63.1 cm³/mol. The van der Waals surface area contributed by atoms with E-state index in [1.54, 1.807) is 0 Å². The fraction of sp³-hybridized carbons (Fsp3) is 0.600. The first-order chi connectivity index (χ1) is 7.50. The SMILES string of the molecule is C=CC[N+]1=C(C)C(C)(C)C(C)=N1.F[B-](F)(F)F. The highest BCUT2D eigenvalue weighted by atomic mass is 19.5. The molecule has 0 saturated carbocycles. The van der Waals surface area contributed by atoms with Gasteiger partial charge in [-0.05, 0) is 31.9 Å². The van der Waals surface area contributed by atoms with E-state index >= 15 is 0 Å². The summed E-state index contributed by atoms with van der Waals surface area (Å²) in [6.07, 6.45) is 1.88. The van der Waals surface area contributed by atoms with E-state index in [4.69, 9.17) is 0 Å². The van der Waals surface area contributed by atoms with Crippen molar-refractivity contribution in [1.82, 2.24) is 0 Å². The Bertz CT molecular complexity index is 350. The van der Waals surface area contributed by atoms with Crippen LogP contribution in [0.1, 0.15) is 27.7 Å². The Morgan fingerprint density at radius 1 is 1.29 bits per heavy atom. The summed E-state index contributed by atoms with van der Waals surface area (Å²) in [6.45, 7) is 13.1. The van der Waals surface area contributed by atoms with Crippen LogP contribution in [0.15, 0.2) is 17.8 Å². The molecule has 1 heterocycles. The van der Waals surface area contributed by atoms with Gasteiger partial charge in [-0.15, -0.1) is 0 Å². The summed E-state index contributed by atoms with van der Waals surface area (Å²) in [5.74, 6) is 0. The fourth-order valence-electron chi connectivity index (χ4n) is 1.27. The number of hydrogen-bond acceptors (Lipinski definition) is 1. The molecule has 1 aliphatic heterocycles. The molecule has 0 aliphatic carbocycles. The summed E-state index contributed by atoms with van der Waals surface area (Å²) >= 11 is 0. The van der Waals surface area contributed by atoms with Gasteiger partial charge in [0.25, 0.3) is 0 Å². The molecule has 98 valence electrons. The molecule has 0 atom stereocenters. The Morgan fingerprint density at radius 3 is 1.94 bits per heavy atom. The quantitative estimate of drug-likeness (QED) is 0.310. The molecule has 1 aliphatic rings. The standard InChI is InChI=1S/C10H17N2.BF4/c1-6-7-12-9(3)10(4,5)8(2)11-12;2-1(3,4)5/h6H,1,7H2,2-5H3;/q+1;-1. The van der Waals surface area contributed by atoms with Crippen molar-refractivity contribution in [3.05, 3.63) is 12.7 Å². The van der Waals surface area contributed by atoms with Crippen molar-refractivity contribution < 1.29 is 21.9 Å². The first-order valence-electron chi connectivity index (χ1n) is 5.15. The number of rotatable bonds is 2. The maximum Gasteiger partial charge on any atom is 0.673 e. The lowest BCUT2D eigenvalue weighted by molar-refractivity contribution is -0.521. The Hall–Kier alpha value is -1.14. The lowest BCUT2D eigenvalue weighted by Crippen LogP contribution is -2.28. The van der Waals surface area contributed by atoms with Crippen molar-refractivity contribution in [3.8, 4) is 0 Å². The van der Waals surface area contributed by atoms with Gasteiger partial charge in [0.05, 0.1) is 11.1 Å². The largest absolute Gasteiger partial charge is 0.673 e. The average molecular weight is 252 g/mol. The summed E-state index contributed by atoms with van der Waals surface area (Å²) in [7, 11) is -6.00. The Balaban J connectivity index is 0.000000437. The summed E-state index contributed by atoms with van der Waals surface area (Å²) in [5, 5.41) is 4.45. The predicted octanol–water partition coefficient (Wildman–Crippen LogP) is 3.36. The molecule has 0 aromatic heterocycles. The van der Waals surface area contributed by atoms with Crippen molar-refractivity contribution in [2.24, 2.45) is 10.5 Å². The fourth-order valence-corrected chi connectivity index (χ4v) is 1.27. The molecule has 17 heavy (non-hydrogen) atoms. The van der Waals surface area contributed by atoms with Crippen LogP contribution in [0.4, 0.5) is 17.3 Å². The van der Waals surface area contributed by atoms with Crippen LogP contribution in [-0.2, 0) is 0 Å². The third-order valence-electron chi connectivity index (χ3n) is 2.77. The van der Waals surface area contributed by atoms with E-state index in [1.165, 1.54) is 11.4 Å². The zero-order valence-corrected chi connectivity index (χ0v) is 10.5. The minimum absolute atomic E-state index is 0.128. The second kappa shape index (κ2) is 5.47. The second-order valence-electron chi connectivity index (χ2n) is 4.26. The minimum atomic E-state index is -6.00. The molecule has 0 aromatic carbocycles. The maximum atomic E-state index is 9.75. The van der Waals surface area contributed by atoms with Gasteiger partial charge >= 0.3 is 7.25 Å². The monoisotopic (exact) mass is 252 g/mol. The molecular formula is C10H17BF4N2. The Morgan fingerprint density at radius 2 is 1.71 bits per heavy atom. The smallest absolute Gasteiger partial charge is 0.418 e. The van der Waals surface area contributed by atoms with E-state index in [1.807, 2.05) is 10.8 Å².